The summed E-state index contributed by atoms with van der Waals surface area (Å²) < 4.78 is 32.1. The van der Waals surface area contributed by atoms with Gasteiger partial charge in [-0.25, -0.2) is 9.18 Å². The maximum absolute atomic E-state index is 13.3. The van der Waals surface area contributed by atoms with E-state index in [9.17, 15) is 18.4 Å². The summed E-state index contributed by atoms with van der Waals surface area (Å²) in [5, 5.41) is 8.78. The largest absolute Gasteiger partial charge is 0.394 e. The third-order valence-corrected chi connectivity index (χ3v) is 2.58. The van der Waals surface area contributed by atoms with Gasteiger partial charge in [0, 0.05) is 6.42 Å². The molecule has 0 saturated carbocycles. The zero-order chi connectivity index (χ0) is 12.6. The number of ether oxygens (including phenoxy) is 1. The molecule has 0 aromatic carbocycles. The molecule has 0 spiro atoms. The molecule has 0 aliphatic carbocycles. The summed E-state index contributed by atoms with van der Waals surface area (Å²) >= 11 is 0. The fourth-order valence-electron chi connectivity index (χ4n) is 1.70. The average Bonchev–Trinajstić information content (AvgIpc) is 2.65. The highest BCUT2D eigenvalue weighted by Gasteiger charge is 2.36. The van der Waals surface area contributed by atoms with Gasteiger partial charge in [-0.1, -0.05) is 0 Å². The van der Waals surface area contributed by atoms with Crippen molar-refractivity contribution in [3.8, 4) is 0 Å². The van der Waals surface area contributed by atoms with Crippen molar-refractivity contribution in [3.63, 3.8) is 0 Å². The molecular formula is C9H10F2N2O4. The first-order valence-corrected chi connectivity index (χ1v) is 4.94. The standard InChI is InChI=1S/C9H10F2N2O4/c10-4-1-7(17-6(4)3-14)13-2-5(11)8(15)12-9(13)16/h2,4,6-7,14H,1,3H2,(H,12,15,16)/t4-,6+,7+/m0/s1/i10-1. The van der Waals surface area contributed by atoms with Crippen LogP contribution >= 0.6 is 0 Å². The van der Waals surface area contributed by atoms with Gasteiger partial charge in [0.05, 0.1) is 12.8 Å². The first-order valence-electron chi connectivity index (χ1n) is 4.94. The molecule has 2 rings (SSSR count). The van der Waals surface area contributed by atoms with Crippen molar-refractivity contribution >= 4 is 0 Å². The van der Waals surface area contributed by atoms with Crippen molar-refractivity contribution in [2.45, 2.75) is 24.9 Å². The van der Waals surface area contributed by atoms with Crippen LogP contribution in [0.3, 0.4) is 0 Å². The third-order valence-electron chi connectivity index (χ3n) is 2.58. The van der Waals surface area contributed by atoms with E-state index in [2.05, 4.69) is 0 Å². The van der Waals surface area contributed by atoms with Crippen LogP contribution in [0.4, 0.5) is 8.78 Å². The van der Waals surface area contributed by atoms with Crippen LogP contribution in [0.2, 0.25) is 0 Å². The van der Waals surface area contributed by atoms with Crippen molar-refractivity contribution < 1.29 is 18.6 Å². The van der Waals surface area contributed by atoms with E-state index >= 15 is 0 Å². The van der Waals surface area contributed by atoms with Gasteiger partial charge in [-0.2, -0.15) is 4.39 Å². The van der Waals surface area contributed by atoms with E-state index in [1.807, 2.05) is 0 Å². The number of aliphatic hydroxyl groups is 1. The van der Waals surface area contributed by atoms with Crippen LogP contribution in [-0.4, -0.2) is 33.5 Å². The summed E-state index contributed by atoms with van der Waals surface area (Å²) in [6, 6.07) is 0. The molecule has 0 amide bonds. The molecule has 3 atom stereocenters. The van der Waals surface area contributed by atoms with E-state index in [0.717, 1.165) is 4.57 Å². The van der Waals surface area contributed by atoms with Crippen LogP contribution < -0.4 is 11.2 Å². The van der Waals surface area contributed by atoms with Crippen LogP contribution in [0.1, 0.15) is 12.6 Å². The van der Waals surface area contributed by atoms with E-state index in [4.69, 9.17) is 9.84 Å². The number of halogens is 2. The lowest BCUT2D eigenvalue weighted by Gasteiger charge is -2.13. The number of nitrogens with one attached hydrogen (secondary N) is 1. The molecule has 2 N–H and O–H groups in total. The Labute approximate surface area is 93.5 Å². The van der Waals surface area contributed by atoms with Crippen LogP contribution in [-0.2, 0) is 4.74 Å². The predicted octanol–water partition coefficient (Wildman–Crippen LogP) is -0.706. The molecular weight excluding hydrogens is 237 g/mol. The molecule has 1 aliphatic heterocycles. The number of nitrogens with zero attached hydrogens (tertiary/aromatic N) is 1. The van der Waals surface area contributed by atoms with Crippen molar-refractivity contribution in [2.24, 2.45) is 0 Å². The van der Waals surface area contributed by atoms with Gasteiger partial charge in [-0.15, -0.1) is 0 Å². The summed E-state index contributed by atoms with van der Waals surface area (Å²) in [7, 11) is 0. The highest BCUT2D eigenvalue weighted by atomic mass is 19.1. The molecule has 0 radical (unpaired) electrons. The molecule has 1 saturated heterocycles. The van der Waals surface area contributed by atoms with Crippen LogP contribution in [0.25, 0.3) is 0 Å². The zero-order valence-corrected chi connectivity index (χ0v) is 8.60. The normalized spacial score (nSPS) is 28.5. The summed E-state index contributed by atoms with van der Waals surface area (Å²) in [6.45, 7) is -0.530. The molecule has 2 heterocycles. The van der Waals surface area contributed by atoms with E-state index in [1.54, 1.807) is 4.98 Å². The highest BCUT2D eigenvalue weighted by molar-refractivity contribution is 4.91. The Balaban J connectivity index is 2.34. The minimum Gasteiger partial charge on any atom is -0.394 e. The number of hydrogen-bond donors (Lipinski definition) is 2. The number of rotatable bonds is 2. The molecule has 17 heavy (non-hydrogen) atoms. The number of H-pyrrole nitrogens is 1. The fraction of sp³-hybridized carbons (Fsp3) is 0.556. The second-order valence-corrected chi connectivity index (χ2v) is 3.71. The molecule has 0 bridgehead atoms. The van der Waals surface area contributed by atoms with Crippen LogP contribution in [0.5, 0.6) is 0 Å². The Morgan fingerprint density at radius 2 is 2.29 bits per heavy atom. The summed E-state index contributed by atoms with van der Waals surface area (Å²) in [4.78, 5) is 23.9. The number of aromatic amines is 1. The Hall–Kier alpha value is -1.54. The van der Waals surface area contributed by atoms with Gasteiger partial charge in [0.1, 0.15) is 18.5 Å². The van der Waals surface area contributed by atoms with Crippen LogP contribution in [0.15, 0.2) is 15.8 Å². The lowest BCUT2D eigenvalue weighted by Crippen LogP contribution is -2.34. The average molecular weight is 247 g/mol. The van der Waals surface area contributed by atoms with Gasteiger partial charge in [-0.3, -0.25) is 14.3 Å². The van der Waals surface area contributed by atoms with Crippen molar-refractivity contribution in [2.75, 3.05) is 6.61 Å². The van der Waals surface area contributed by atoms with Gasteiger partial charge in [0.2, 0.25) is 5.82 Å². The first-order chi connectivity index (χ1) is 8.02. The molecule has 0 unspecified atom stereocenters. The molecule has 94 valence electrons. The monoisotopic (exact) mass is 247 g/mol. The predicted molar refractivity (Wildman–Crippen MR) is 51.8 cm³/mol. The second-order valence-electron chi connectivity index (χ2n) is 3.71. The summed E-state index contributed by atoms with van der Waals surface area (Å²) in [6.07, 6.45) is -3.02. The second kappa shape index (κ2) is 4.38. The topological polar surface area (TPSA) is 84.3 Å². The third kappa shape index (κ3) is 2.13. The molecule has 1 aromatic rings. The minimum atomic E-state index is -1.44. The SMILES string of the molecule is O=c1[nH]c(=O)n([C@H]2C[C@H]([18F])[C@@H](CO)O2)cc1F. The van der Waals surface area contributed by atoms with Gasteiger partial charge >= 0.3 is 5.69 Å². The Bertz CT molecular complexity index is 526. The maximum Gasteiger partial charge on any atom is 0.330 e. The fourth-order valence-corrected chi connectivity index (χ4v) is 1.70. The van der Waals surface area contributed by atoms with E-state index in [-0.39, 0.29) is 6.42 Å². The molecule has 6 nitrogen and oxygen atoms in total. The summed E-state index contributed by atoms with van der Waals surface area (Å²) in [5.74, 6) is -1.16. The van der Waals surface area contributed by atoms with Gasteiger partial charge in [0.15, 0.2) is 0 Å². The number of aromatic nitrogens is 2. The first kappa shape index (κ1) is 11.9. The van der Waals surface area contributed by atoms with E-state index in [1.165, 1.54) is 0 Å². The van der Waals surface area contributed by atoms with Crippen molar-refractivity contribution in [1.29, 1.82) is 0 Å². The lowest BCUT2D eigenvalue weighted by atomic mass is 10.2. The quantitative estimate of drug-likeness (QED) is 0.723. The van der Waals surface area contributed by atoms with Gasteiger partial charge in [-0.05, 0) is 0 Å². The van der Waals surface area contributed by atoms with Gasteiger partial charge in [0.25, 0.3) is 5.56 Å². The highest BCUT2D eigenvalue weighted by Crippen LogP contribution is 2.29. The van der Waals surface area contributed by atoms with E-state index < -0.39 is 42.2 Å². The molecule has 1 aromatic heterocycles. The van der Waals surface area contributed by atoms with Crippen molar-refractivity contribution in [3.05, 3.63) is 32.9 Å². The Morgan fingerprint density at radius 3 is 2.88 bits per heavy atom. The molecule has 8 heteroatoms. The number of aliphatic hydroxyl groups excluding tert-OH is 1. The van der Waals surface area contributed by atoms with Gasteiger partial charge < -0.3 is 9.84 Å². The number of alkyl halides is 1. The molecule has 1 aliphatic rings. The zero-order valence-electron chi connectivity index (χ0n) is 8.60. The lowest BCUT2D eigenvalue weighted by molar-refractivity contribution is -0.0359. The number of hydrogen-bond acceptors (Lipinski definition) is 4. The van der Waals surface area contributed by atoms with Crippen LogP contribution in [0, 0.1) is 5.82 Å². The maximum atomic E-state index is 13.3. The minimum absolute atomic E-state index is 0.184. The molecule has 1 fully saturated rings. The Morgan fingerprint density at radius 1 is 1.59 bits per heavy atom. The van der Waals surface area contributed by atoms with E-state index in [0.29, 0.717) is 6.20 Å². The summed E-state index contributed by atoms with van der Waals surface area (Å²) in [5.41, 5.74) is -2.02. The van der Waals surface area contributed by atoms with Crippen molar-refractivity contribution in [1.82, 2.24) is 9.55 Å². The Kier molecular flexibility index (Phi) is 3.07. The smallest absolute Gasteiger partial charge is 0.330 e.